The molecule has 0 spiro atoms. The summed E-state index contributed by atoms with van der Waals surface area (Å²) in [6.45, 7) is 1.52. The molecule has 1 saturated heterocycles. The van der Waals surface area contributed by atoms with Gasteiger partial charge in [0.05, 0.1) is 11.5 Å². The van der Waals surface area contributed by atoms with E-state index in [1.54, 1.807) is 0 Å². The van der Waals surface area contributed by atoms with Crippen molar-refractivity contribution in [2.24, 2.45) is 0 Å². The van der Waals surface area contributed by atoms with E-state index in [2.05, 4.69) is 5.32 Å². The normalized spacial score (nSPS) is 28.2. The van der Waals surface area contributed by atoms with Gasteiger partial charge in [-0.15, -0.1) is 0 Å². The maximum absolute atomic E-state index is 11.2. The third-order valence-corrected chi connectivity index (χ3v) is 4.14. The summed E-state index contributed by atoms with van der Waals surface area (Å²) in [6, 6.07) is -0.895. The Balaban J connectivity index is 2.50. The fraction of sp³-hybridized carbons (Fsp3) is 0.875. The van der Waals surface area contributed by atoms with Gasteiger partial charge < -0.3 is 10.4 Å². The van der Waals surface area contributed by atoms with E-state index in [1.165, 1.54) is 6.92 Å². The maximum Gasteiger partial charge on any atom is 0.320 e. The predicted molar refractivity (Wildman–Crippen MR) is 51.9 cm³/mol. The van der Waals surface area contributed by atoms with Gasteiger partial charge in [-0.05, 0) is 19.8 Å². The first-order valence-electron chi connectivity index (χ1n) is 4.60. The zero-order chi connectivity index (χ0) is 10.8. The van der Waals surface area contributed by atoms with Crippen LogP contribution in [0.2, 0.25) is 0 Å². The Bertz CT molecular complexity index is 311. The van der Waals surface area contributed by atoms with Gasteiger partial charge >= 0.3 is 5.97 Å². The first-order valence-corrected chi connectivity index (χ1v) is 6.42. The minimum Gasteiger partial charge on any atom is -0.480 e. The van der Waals surface area contributed by atoms with Crippen molar-refractivity contribution in [1.82, 2.24) is 5.32 Å². The molecule has 0 bridgehead atoms. The number of sulfone groups is 1. The fourth-order valence-electron chi connectivity index (χ4n) is 1.58. The minimum atomic E-state index is -2.96. The van der Waals surface area contributed by atoms with Crippen LogP contribution in [0.3, 0.4) is 0 Å². The van der Waals surface area contributed by atoms with Crippen molar-refractivity contribution in [2.45, 2.75) is 31.8 Å². The SMILES string of the molecule is C[C@@H](NC1CCCS(=O)(=O)C1)C(=O)O. The lowest BCUT2D eigenvalue weighted by Gasteiger charge is -2.24. The Morgan fingerprint density at radius 3 is 2.71 bits per heavy atom. The third kappa shape index (κ3) is 3.26. The number of aliphatic carboxylic acids is 1. The summed E-state index contributed by atoms with van der Waals surface area (Å²) in [5.41, 5.74) is 0. The fourth-order valence-corrected chi connectivity index (χ4v) is 3.23. The largest absolute Gasteiger partial charge is 0.480 e. The van der Waals surface area contributed by atoms with Crippen LogP contribution in [0.15, 0.2) is 0 Å². The zero-order valence-electron chi connectivity index (χ0n) is 8.06. The molecule has 6 heteroatoms. The number of nitrogens with one attached hydrogen (secondary N) is 1. The Labute approximate surface area is 83.4 Å². The Morgan fingerprint density at radius 1 is 1.57 bits per heavy atom. The Kier molecular flexibility index (Phi) is 3.49. The predicted octanol–water partition coefficient (Wildman–Crippen LogP) is -0.374. The molecule has 1 aliphatic heterocycles. The number of hydrogen-bond donors (Lipinski definition) is 2. The second kappa shape index (κ2) is 4.27. The molecule has 5 nitrogen and oxygen atoms in total. The molecular weight excluding hydrogens is 206 g/mol. The van der Waals surface area contributed by atoms with E-state index in [0.717, 1.165) is 6.42 Å². The van der Waals surface area contributed by atoms with Crippen LogP contribution in [0.5, 0.6) is 0 Å². The van der Waals surface area contributed by atoms with Gasteiger partial charge in [0.25, 0.3) is 0 Å². The molecule has 2 N–H and O–H groups in total. The summed E-state index contributed by atoms with van der Waals surface area (Å²) < 4.78 is 22.4. The smallest absolute Gasteiger partial charge is 0.320 e. The van der Waals surface area contributed by atoms with E-state index in [0.29, 0.717) is 6.42 Å². The molecule has 0 aromatic rings. The van der Waals surface area contributed by atoms with E-state index in [-0.39, 0.29) is 17.5 Å². The van der Waals surface area contributed by atoms with Gasteiger partial charge in [0, 0.05) is 6.04 Å². The third-order valence-electron chi connectivity index (χ3n) is 2.32. The molecule has 0 aromatic carbocycles. The second-order valence-corrected chi connectivity index (χ2v) is 5.91. The first-order chi connectivity index (χ1) is 6.41. The van der Waals surface area contributed by atoms with E-state index < -0.39 is 21.8 Å². The first kappa shape index (κ1) is 11.5. The van der Waals surface area contributed by atoms with Crippen molar-refractivity contribution in [1.29, 1.82) is 0 Å². The van der Waals surface area contributed by atoms with E-state index in [9.17, 15) is 13.2 Å². The minimum absolute atomic E-state index is 0.0601. The average molecular weight is 221 g/mol. The average Bonchev–Trinajstić information content (AvgIpc) is 2.01. The lowest BCUT2D eigenvalue weighted by atomic mass is 10.1. The van der Waals surface area contributed by atoms with Gasteiger partial charge in [-0.2, -0.15) is 0 Å². The second-order valence-electron chi connectivity index (χ2n) is 3.68. The molecule has 1 unspecified atom stereocenters. The van der Waals surface area contributed by atoms with Gasteiger partial charge in [0.2, 0.25) is 0 Å². The highest BCUT2D eigenvalue weighted by Crippen LogP contribution is 2.12. The molecule has 14 heavy (non-hydrogen) atoms. The quantitative estimate of drug-likeness (QED) is 0.679. The molecule has 0 radical (unpaired) electrons. The molecule has 0 aliphatic carbocycles. The van der Waals surface area contributed by atoms with Crippen LogP contribution >= 0.6 is 0 Å². The summed E-state index contributed by atoms with van der Waals surface area (Å²) in [4.78, 5) is 10.5. The molecule has 1 rings (SSSR count). The van der Waals surface area contributed by atoms with Crippen LogP contribution in [-0.2, 0) is 14.6 Å². The standard InChI is InChI=1S/C8H15NO4S/c1-6(8(10)11)9-7-3-2-4-14(12,13)5-7/h6-7,9H,2-5H2,1H3,(H,10,11)/t6-,7?/m1/s1. The Hall–Kier alpha value is -0.620. The number of carboxylic acid groups (broad SMARTS) is 1. The molecule has 0 saturated carbocycles. The number of carbonyl (C=O) groups is 1. The van der Waals surface area contributed by atoms with Crippen molar-refractivity contribution in [2.75, 3.05) is 11.5 Å². The van der Waals surface area contributed by atoms with Gasteiger partial charge in [0.1, 0.15) is 6.04 Å². The van der Waals surface area contributed by atoms with Crippen molar-refractivity contribution in [3.8, 4) is 0 Å². The van der Waals surface area contributed by atoms with Crippen molar-refractivity contribution in [3.63, 3.8) is 0 Å². The van der Waals surface area contributed by atoms with Crippen LogP contribution in [0.25, 0.3) is 0 Å². The molecule has 1 fully saturated rings. The molecule has 1 heterocycles. The summed E-state index contributed by atoms with van der Waals surface area (Å²) in [6.07, 6.45) is 1.35. The molecular formula is C8H15NO4S. The highest BCUT2D eigenvalue weighted by Gasteiger charge is 2.26. The summed E-state index contributed by atoms with van der Waals surface area (Å²) >= 11 is 0. The topological polar surface area (TPSA) is 83.5 Å². The van der Waals surface area contributed by atoms with Crippen LogP contribution in [0.1, 0.15) is 19.8 Å². The van der Waals surface area contributed by atoms with Crippen molar-refractivity contribution >= 4 is 15.8 Å². The van der Waals surface area contributed by atoms with E-state index in [4.69, 9.17) is 5.11 Å². The van der Waals surface area contributed by atoms with Crippen LogP contribution < -0.4 is 5.32 Å². The number of hydrogen-bond acceptors (Lipinski definition) is 4. The van der Waals surface area contributed by atoms with E-state index >= 15 is 0 Å². The highest BCUT2D eigenvalue weighted by atomic mass is 32.2. The van der Waals surface area contributed by atoms with Crippen molar-refractivity contribution < 1.29 is 18.3 Å². The van der Waals surface area contributed by atoms with Gasteiger partial charge in [0.15, 0.2) is 9.84 Å². The lowest BCUT2D eigenvalue weighted by molar-refractivity contribution is -0.139. The summed E-state index contributed by atoms with van der Waals surface area (Å²) in [5.74, 6) is -0.662. The van der Waals surface area contributed by atoms with Crippen LogP contribution in [-0.4, -0.2) is 43.1 Å². The van der Waals surface area contributed by atoms with Gasteiger partial charge in [-0.25, -0.2) is 8.42 Å². The van der Waals surface area contributed by atoms with Crippen LogP contribution in [0, 0.1) is 0 Å². The van der Waals surface area contributed by atoms with E-state index in [1.807, 2.05) is 0 Å². The Morgan fingerprint density at radius 2 is 2.21 bits per heavy atom. The van der Waals surface area contributed by atoms with Gasteiger partial charge in [-0.3, -0.25) is 4.79 Å². The summed E-state index contributed by atoms with van der Waals surface area (Å²) in [7, 11) is -2.96. The molecule has 1 aliphatic rings. The van der Waals surface area contributed by atoms with Crippen molar-refractivity contribution in [3.05, 3.63) is 0 Å². The molecule has 0 aromatic heterocycles. The molecule has 0 amide bonds. The molecule has 82 valence electrons. The summed E-state index contributed by atoms with van der Waals surface area (Å²) in [5, 5.41) is 11.4. The van der Waals surface area contributed by atoms with Crippen LogP contribution in [0.4, 0.5) is 0 Å². The number of rotatable bonds is 3. The zero-order valence-corrected chi connectivity index (χ0v) is 8.88. The number of carboxylic acids is 1. The van der Waals surface area contributed by atoms with Gasteiger partial charge in [-0.1, -0.05) is 0 Å². The lowest BCUT2D eigenvalue weighted by Crippen LogP contribution is -2.47. The monoisotopic (exact) mass is 221 g/mol. The maximum atomic E-state index is 11.2. The molecule has 2 atom stereocenters. The highest BCUT2D eigenvalue weighted by molar-refractivity contribution is 7.91.